The molecule has 0 spiro atoms. The molecule has 3 aromatic rings. The van der Waals surface area contributed by atoms with Crippen LogP contribution in [0.2, 0.25) is 0 Å². The van der Waals surface area contributed by atoms with Crippen molar-refractivity contribution in [1.29, 1.82) is 0 Å². The van der Waals surface area contributed by atoms with Gasteiger partial charge in [-0.15, -0.1) is 0 Å². The Kier molecular flexibility index (Phi) is 4.51. The molecule has 4 rings (SSSR count). The van der Waals surface area contributed by atoms with Crippen LogP contribution in [0.25, 0.3) is 27.9 Å². The lowest BCUT2D eigenvalue weighted by Crippen LogP contribution is -2.46. The van der Waals surface area contributed by atoms with Gasteiger partial charge in [-0.3, -0.25) is 4.79 Å². The van der Waals surface area contributed by atoms with Crippen LogP contribution in [0.3, 0.4) is 0 Å². The van der Waals surface area contributed by atoms with E-state index in [-0.39, 0.29) is 5.91 Å². The number of hydrogen-bond acceptors (Lipinski definition) is 2. The lowest BCUT2D eigenvalue weighted by molar-refractivity contribution is -0.127. The number of hydrogen-bond donors (Lipinski definition) is 0. The number of aryl methyl sites for hydroxylation is 1. The second-order valence-corrected chi connectivity index (χ2v) is 7.00. The number of piperazine rings is 1. The number of fused-ring (bicyclic) bond motifs is 3. The van der Waals surface area contributed by atoms with Crippen molar-refractivity contribution in [3.05, 3.63) is 54.1 Å². The van der Waals surface area contributed by atoms with Gasteiger partial charge in [0, 0.05) is 60.6 Å². The van der Waals surface area contributed by atoms with Crippen LogP contribution in [0.1, 0.15) is 12.5 Å². The average Bonchev–Trinajstić information content (AvgIpc) is 2.99. The molecule has 4 heteroatoms. The predicted octanol–water partition coefficient (Wildman–Crippen LogP) is 3.60. The topological polar surface area (TPSA) is 28.5 Å². The SMILES string of the molecule is CCn1c2ccccc2c2cc(/C=C/C(=O)N3CCN(C)CC3)ccc21. The fourth-order valence-electron chi connectivity index (χ4n) is 3.82. The van der Waals surface area contributed by atoms with Crippen LogP contribution in [-0.2, 0) is 11.3 Å². The van der Waals surface area contributed by atoms with E-state index in [1.54, 1.807) is 6.08 Å². The van der Waals surface area contributed by atoms with E-state index >= 15 is 0 Å². The standard InChI is InChI=1S/C22H25N3O/c1-3-25-20-7-5-4-6-18(20)19-16-17(8-10-21(19)25)9-11-22(26)24-14-12-23(2)13-15-24/h4-11,16H,3,12-15H2,1-2H3/b11-9+. The summed E-state index contributed by atoms with van der Waals surface area (Å²) in [7, 11) is 2.10. The number of rotatable bonds is 3. The fourth-order valence-corrected chi connectivity index (χ4v) is 3.82. The molecule has 0 atom stereocenters. The van der Waals surface area contributed by atoms with Crippen LogP contribution in [0.4, 0.5) is 0 Å². The first kappa shape index (κ1) is 16.9. The largest absolute Gasteiger partial charge is 0.341 e. The third-order valence-corrected chi connectivity index (χ3v) is 5.35. The van der Waals surface area contributed by atoms with Gasteiger partial charge in [0.2, 0.25) is 5.91 Å². The molecular formula is C22H25N3O. The van der Waals surface area contributed by atoms with Crippen molar-refractivity contribution in [2.75, 3.05) is 33.2 Å². The van der Waals surface area contributed by atoms with Gasteiger partial charge in [-0.25, -0.2) is 0 Å². The predicted molar refractivity (Wildman–Crippen MR) is 108 cm³/mol. The minimum Gasteiger partial charge on any atom is -0.341 e. The van der Waals surface area contributed by atoms with E-state index in [4.69, 9.17) is 0 Å². The van der Waals surface area contributed by atoms with E-state index in [0.717, 1.165) is 38.3 Å². The molecule has 0 radical (unpaired) electrons. The van der Waals surface area contributed by atoms with Gasteiger partial charge in [-0.1, -0.05) is 24.3 Å². The maximum Gasteiger partial charge on any atom is 0.246 e. The molecule has 0 aliphatic carbocycles. The summed E-state index contributed by atoms with van der Waals surface area (Å²) in [6.45, 7) is 6.63. The van der Waals surface area contributed by atoms with Gasteiger partial charge in [0.25, 0.3) is 0 Å². The molecule has 26 heavy (non-hydrogen) atoms. The highest BCUT2D eigenvalue weighted by Gasteiger charge is 2.16. The maximum absolute atomic E-state index is 12.4. The number of carbonyl (C=O) groups is 1. The summed E-state index contributed by atoms with van der Waals surface area (Å²) >= 11 is 0. The Balaban J connectivity index is 1.63. The number of benzene rings is 2. The van der Waals surface area contributed by atoms with E-state index in [9.17, 15) is 4.79 Å². The lowest BCUT2D eigenvalue weighted by Gasteiger charge is -2.31. The summed E-state index contributed by atoms with van der Waals surface area (Å²) in [6.07, 6.45) is 3.66. The zero-order valence-corrected chi connectivity index (χ0v) is 15.5. The molecule has 2 heterocycles. The van der Waals surface area contributed by atoms with Crippen LogP contribution in [0, 0.1) is 0 Å². The van der Waals surface area contributed by atoms with Crippen molar-refractivity contribution in [2.45, 2.75) is 13.5 Å². The molecule has 0 saturated carbocycles. The average molecular weight is 347 g/mol. The Morgan fingerprint density at radius 3 is 2.50 bits per heavy atom. The lowest BCUT2D eigenvalue weighted by atomic mass is 10.1. The minimum absolute atomic E-state index is 0.106. The van der Waals surface area contributed by atoms with Crippen LogP contribution in [0.5, 0.6) is 0 Å². The van der Waals surface area contributed by atoms with Crippen molar-refractivity contribution in [2.24, 2.45) is 0 Å². The zero-order chi connectivity index (χ0) is 18.1. The van der Waals surface area contributed by atoms with E-state index in [1.165, 1.54) is 21.8 Å². The summed E-state index contributed by atoms with van der Waals surface area (Å²) in [4.78, 5) is 16.6. The number of likely N-dealkylation sites (N-methyl/N-ethyl adjacent to an activating group) is 1. The van der Waals surface area contributed by atoms with Crippen LogP contribution >= 0.6 is 0 Å². The number of carbonyl (C=O) groups excluding carboxylic acids is 1. The van der Waals surface area contributed by atoms with Gasteiger partial charge in [-0.05, 0) is 43.8 Å². The molecule has 0 N–H and O–H groups in total. The summed E-state index contributed by atoms with van der Waals surface area (Å²) in [5.74, 6) is 0.106. The van der Waals surface area contributed by atoms with Gasteiger partial charge in [0.05, 0.1) is 0 Å². The van der Waals surface area contributed by atoms with Gasteiger partial charge < -0.3 is 14.4 Å². The second-order valence-electron chi connectivity index (χ2n) is 7.00. The second kappa shape index (κ2) is 6.96. The Hall–Kier alpha value is -2.59. The molecule has 1 aliphatic rings. The Bertz CT molecular complexity index is 978. The summed E-state index contributed by atoms with van der Waals surface area (Å²) in [5, 5.41) is 2.52. The smallest absolute Gasteiger partial charge is 0.246 e. The van der Waals surface area contributed by atoms with Gasteiger partial charge in [-0.2, -0.15) is 0 Å². The molecular weight excluding hydrogens is 322 g/mol. The van der Waals surface area contributed by atoms with E-state index in [2.05, 4.69) is 65.9 Å². The molecule has 4 nitrogen and oxygen atoms in total. The fraction of sp³-hybridized carbons (Fsp3) is 0.318. The van der Waals surface area contributed by atoms with Crippen molar-refractivity contribution in [1.82, 2.24) is 14.4 Å². The van der Waals surface area contributed by atoms with Crippen LogP contribution in [-0.4, -0.2) is 53.5 Å². The van der Waals surface area contributed by atoms with E-state index in [0.29, 0.717) is 0 Å². The monoisotopic (exact) mass is 347 g/mol. The summed E-state index contributed by atoms with van der Waals surface area (Å²) in [5.41, 5.74) is 3.58. The number of aromatic nitrogens is 1. The molecule has 1 amide bonds. The molecule has 1 fully saturated rings. The van der Waals surface area contributed by atoms with Crippen molar-refractivity contribution in [3.8, 4) is 0 Å². The maximum atomic E-state index is 12.4. The Morgan fingerprint density at radius 1 is 1.00 bits per heavy atom. The van der Waals surface area contributed by atoms with Crippen LogP contribution in [0.15, 0.2) is 48.5 Å². The van der Waals surface area contributed by atoms with Crippen molar-refractivity contribution < 1.29 is 4.79 Å². The van der Waals surface area contributed by atoms with Crippen LogP contribution < -0.4 is 0 Å². The first-order chi connectivity index (χ1) is 12.7. The molecule has 2 aromatic carbocycles. The Labute approximate surface area is 154 Å². The molecule has 1 aliphatic heterocycles. The quantitative estimate of drug-likeness (QED) is 0.677. The van der Waals surface area contributed by atoms with Gasteiger partial charge in [0.1, 0.15) is 0 Å². The zero-order valence-electron chi connectivity index (χ0n) is 15.5. The molecule has 1 aromatic heterocycles. The van der Waals surface area contributed by atoms with Gasteiger partial charge >= 0.3 is 0 Å². The van der Waals surface area contributed by atoms with E-state index in [1.807, 2.05) is 11.0 Å². The van der Waals surface area contributed by atoms with Crippen molar-refractivity contribution in [3.63, 3.8) is 0 Å². The van der Waals surface area contributed by atoms with Gasteiger partial charge in [0.15, 0.2) is 0 Å². The molecule has 1 saturated heterocycles. The molecule has 0 unspecified atom stereocenters. The highest BCUT2D eigenvalue weighted by atomic mass is 16.2. The summed E-state index contributed by atoms with van der Waals surface area (Å²) < 4.78 is 2.34. The highest BCUT2D eigenvalue weighted by Crippen LogP contribution is 2.29. The Morgan fingerprint density at radius 2 is 1.73 bits per heavy atom. The number of para-hydroxylation sites is 1. The number of nitrogens with zero attached hydrogens (tertiary/aromatic N) is 3. The molecule has 134 valence electrons. The first-order valence-electron chi connectivity index (χ1n) is 9.34. The third-order valence-electron chi connectivity index (χ3n) is 5.35. The van der Waals surface area contributed by atoms with E-state index < -0.39 is 0 Å². The number of amides is 1. The molecule has 0 bridgehead atoms. The minimum atomic E-state index is 0.106. The first-order valence-corrected chi connectivity index (χ1v) is 9.34. The normalized spacial score (nSPS) is 16.2. The highest BCUT2D eigenvalue weighted by molar-refractivity contribution is 6.08. The van der Waals surface area contributed by atoms with Crippen molar-refractivity contribution >= 4 is 33.8 Å². The third kappa shape index (κ3) is 3.01. The summed E-state index contributed by atoms with van der Waals surface area (Å²) in [6, 6.07) is 15.0.